The second-order valence-corrected chi connectivity index (χ2v) is 4.94. The van der Waals surface area contributed by atoms with Crippen LogP contribution in [0.5, 0.6) is 0 Å². The molecule has 0 unspecified atom stereocenters. The quantitative estimate of drug-likeness (QED) is 0.662. The van der Waals surface area contributed by atoms with Gasteiger partial charge in [-0.2, -0.15) is 0 Å². The largest absolute Gasteiger partial charge is 0.508 e. The summed E-state index contributed by atoms with van der Waals surface area (Å²) in [5.74, 6) is 1.70. The molecular weight excluding hydrogens is 192 g/mol. The van der Waals surface area contributed by atoms with Gasteiger partial charge in [-0.15, -0.1) is 0 Å². The summed E-state index contributed by atoms with van der Waals surface area (Å²) in [6, 6.07) is 0. The van der Waals surface area contributed by atoms with Crippen LogP contribution in [-0.4, -0.2) is 19.4 Å². The van der Waals surface area contributed by atoms with Crippen molar-refractivity contribution in [3.63, 3.8) is 0 Å². The summed E-state index contributed by atoms with van der Waals surface area (Å²) in [7, 11) is 1.36. The molecular formula is C12H22O3. The zero-order valence-corrected chi connectivity index (χ0v) is 10.2. The number of hydrogen-bond donors (Lipinski definition) is 0. The fourth-order valence-corrected chi connectivity index (χ4v) is 2.42. The molecule has 1 fully saturated rings. The maximum Gasteiger partial charge on any atom is 0.508 e. The van der Waals surface area contributed by atoms with Gasteiger partial charge in [-0.05, 0) is 30.6 Å². The van der Waals surface area contributed by atoms with E-state index in [0.29, 0.717) is 17.8 Å². The van der Waals surface area contributed by atoms with Crippen LogP contribution in [0.3, 0.4) is 0 Å². The summed E-state index contributed by atoms with van der Waals surface area (Å²) in [6.07, 6.45) is 2.86. The minimum Gasteiger partial charge on any atom is -0.438 e. The van der Waals surface area contributed by atoms with Crippen molar-refractivity contribution in [1.82, 2.24) is 0 Å². The maximum atomic E-state index is 11.1. The Balaban J connectivity index is 2.57. The van der Waals surface area contributed by atoms with Crippen molar-refractivity contribution in [3.8, 4) is 0 Å². The first-order chi connectivity index (χ1) is 7.04. The van der Waals surface area contributed by atoms with Gasteiger partial charge in [-0.25, -0.2) is 4.79 Å². The van der Waals surface area contributed by atoms with Crippen LogP contribution < -0.4 is 0 Å². The van der Waals surface area contributed by atoms with E-state index in [1.54, 1.807) is 0 Å². The lowest BCUT2D eigenvalue weighted by molar-refractivity contribution is -0.0248. The minimum absolute atomic E-state index is 0.0428. The predicted molar refractivity (Wildman–Crippen MR) is 58.6 cm³/mol. The van der Waals surface area contributed by atoms with Crippen LogP contribution in [0.4, 0.5) is 4.79 Å². The van der Waals surface area contributed by atoms with Crippen LogP contribution in [0.2, 0.25) is 0 Å². The average Bonchev–Trinajstić information content (AvgIpc) is 2.17. The molecule has 0 spiro atoms. The van der Waals surface area contributed by atoms with E-state index in [9.17, 15) is 4.79 Å². The predicted octanol–water partition coefficient (Wildman–Crippen LogP) is 3.23. The average molecular weight is 214 g/mol. The first-order valence-electron chi connectivity index (χ1n) is 5.79. The first-order valence-corrected chi connectivity index (χ1v) is 5.79. The molecule has 0 bridgehead atoms. The fourth-order valence-electron chi connectivity index (χ4n) is 2.42. The normalized spacial score (nSPS) is 31.4. The molecule has 1 aliphatic rings. The van der Waals surface area contributed by atoms with Gasteiger partial charge >= 0.3 is 6.16 Å². The van der Waals surface area contributed by atoms with E-state index in [0.717, 1.165) is 12.8 Å². The molecule has 3 heteroatoms. The van der Waals surface area contributed by atoms with E-state index in [2.05, 4.69) is 25.5 Å². The van der Waals surface area contributed by atoms with Gasteiger partial charge in [0.2, 0.25) is 0 Å². The van der Waals surface area contributed by atoms with Crippen LogP contribution >= 0.6 is 0 Å². The third kappa shape index (κ3) is 3.40. The lowest BCUT2D eigenvalue weighted by Crippen LogP contribution is -2.35. The molecule has 0 N–H and O–H groups in total. The van der Waals surface area contributed by atoms with E-state index in [1.807, 2.05) is 0 Å². The minimum atomic E-state index is -0.542. The number of ether oxygens (including phenoxy) is 2. The highest BCUT2D eigenvalue weighted by atomic mass is 16.7. The van der Waals surface area contributed by atoms with Gasteiger partial charge in [0.15, 0.2) is 0 Å². The van der Waals surface area contributed by atoms with Gasteiger partial charge < -0.3 is 9.47 Å². The number of hydrogen-bond acceptors (Lipinski definition) is 3. The Morgan fingerprint density at radius 1 is 1.33 bits per heavy atom. The molecule has 1 aliphatic carbocycles. The van der Waals surface area contributed by atoms with Gasteiger partial charge in [0.1, 0.15) is 6.10 Å². The van der Waals surface area contributed by atoms with Crippen molar-refractivity contribution < 1.29 is 14.3 Å². The van der Waals surface area contributed by atoms with E-state index in [1.165, 1.54) is 13.5 Å². The molecule has 0 aromatic rings. The lowest BCUT2D eigenvalue weighted by Gasteiger charge is -2.36. The van der Waals surface area contributed by atoms with Crippen molar-refractivity contribution >= 4 is 6.16 Å². The standard InChI is InChI=1S/C12H22O3/c1-8(2)10-6-5-9(3)7-11(10)15-12(13)14-4/h8-11H,5-7H2,1-4H3/t9-,10-,11-/m1/s1. The van der Waals surface area contributed by atoms with Gasteiger partial charge in [0.25, 0.3) is 0 Å². The molecule has 15 heavy (non-hydrogen) atoms. The second kappa shape index (κ2) is 5.38. The molecule has 3 atom stereocenters. The van der Waals surface area contributed by atoms with Crippen molar-refractivity contribution in [3.05, 3.63) is 0 Å². The third-order valence-corrected chi connectivity index (χ3v) is 3.38. The molecule has 0 aromatic carbocycles. The number of carbonyl (C=O) groups excluding carboxylic acids is 1. The fraction of sp³-hybridized carbons (Fsp3) is 0.917. The van der Waals surface area contributed by atoms with Crippen molar-refractivity contribution in [1.29, 1.82) is 0 Å². The van der Waals surface area contributed by atoms with Gasteiger partial charge in [0, 0.05) is 0 Å². The molecule has 0 radical (unpaired) electrons. The number of carbonyl (C=O) groups is 1. The van der Waals surface area contributed by atoms with Crippen molar-refractivity contribution in [2.24, 2.45) is 17.8 Å². The number of rotatable bonds is 2. The molecule has 88 valence electrons. The molecule has 1 saturated carbocycles. The SMILES string of the molecule is COC(=O)O[C@@H]1C[C@H](C)CC[C@@H]1C(C)C. The van der Waals surface area contributed by atoms with Crippen LogP contribution in [0.15, 0.2) is 0 Å². The highest BCUT2D eigenvalue weighted by Crippen LogP contribution is 2.35. The first kappa shape index (κ1) is 12.3. The summed E-state index contributed by atoms with van der Waals surface area (Å²) in [5.41, 5.74) is 0. The van der Waals surface area contributed by atoms with Crippen LogP contribution in [-0.2, 0) is 9.47 Å². The Hall–Kier alpha value is -0.730. The van der Waals surface area contributed by atoms with Crippen LogP contribution in [0.1, 0.15) is 40.0 Å². The van der Waals surface area contributed by atoms with E-state index in [-0.39, 0.29) is 6.10 Å². The molecule has 1 rings (SSSR count). The molecule has 0 saturated heterocycles. The summed E-state index contributed by atoms with van der Waals surface area (Å²) in [4.78, 5) is 11.1. The third-order valence-electron chi connectivity index (χ3n) is 3.38. The summed E-state index contributed by atoms with van der Waals surface area (Å²) < 4.78 is 9.88. The highest BCUT2D eigenvalue weighted by molar-refractivity contribution is 5.59. The molecule has 0 aromatic heterocycles. The molecule has 0 heterocycles. The summed E-state index contributed by atoms with van der Waals surface area (Å²) in [5, 5.41) is 0. The maximum absolute atomic E-state index is 11.1. The molecule has 3 nitrogen and oxygen atoms in total. The Labute approximate surface area is 92.1 Å². The van der Waals surface area contributed by atoms with Gasteiger partial charge in [-0.3, -0.25) is 0 Å². The summed E-state index contributed by atoms with van der Waals surface area (Å²) in [6.45, 7) is 6.59. The van der Waals surface area contributed by atoms with E-state index < -0.39 is 6.16 Å². The van der Waals surface area contributed by atoms with Gasteiger partial charge in [-0.1, -0.05) is 27.2 Å². The monoisotopic (exact) mass is 214 g/mol. The molecule has 0 aliphatic heterocycles. The Kier molecular flexibility index (Phi) is 4.43. The van der Waals surface area contributed by atoms with Crippen molar-refractivity contribution in [2.45, 2.75) is 46.1 Å². The van der Waals surface area contributed by atoms with Crippen molar-refractivity contribution in [2.75, 3.05) is 7.11 Å². The zero-order valence-electron chi connectivity index (χ0n) is 10.2. The highest BCUT2D eigenvalue weighted by Gasteiger charge is 2.33. The Bertz CT molecular complexity index is 213. The van der Waals surface area contributed by atoms with E-state index in [4.69, 9.17) is 4.74 Å². The lowest BCUT2D eigenvalue weighted by atomic mass is 9.75. The van der Waals surface area contributed by atoms with Crippen LogP contribution in [0.25, 0.3) is 0 Å². The number of methoxy groups -OCH3 is 1. The van der Waals surface area contributed by atoms with E-state index >= 15 is 0 Å². The summed E-state index contributed by atoms with van der Waals surface area (Å²) >= 11 is 0. The van der Waals surface area contributed by atoms with Gasteiger partial charge in [0.05, 0.1) is 7.11 Å². The topological polar surface area (TPSA) is 35.5 Å². The smallest absolute Gasteiger partial charge is 0.438 e. The van der Waals surface area contributed by atoms with Crippen LogP contribution in [0, 0.1) is 17.8 Å². The second-order valence-electron chi connectivity index (χ2n) is 4.94. The zero-order chi connectivity index (χ0) is 11.4. The Morgan fingerprint density at radius 3 is 2.53 bits per heavy atom. The Morgan fingerprint density at radius 2 is 2.00 bits per heavy atom. The molecule has 0 amide bonds.